The highest BCUT2D eigenvalue weighted by Crippen LogP contribution is 2.19. The third-order valence-electron chi connectivity index (χ3n) is 7.92. The Bertz CT molecular complexity index is 1110. The van der Waals surface area contributed by atoms with Gasteiger partial charge >= 0.3 is 5.97 Å². The van der Waals surface area contributed by atoms with E-state index in [2.05, 4.69) is 11.5 Å². The van der Waals surface area contributed by atoms with Crippen LogP contribution in [0.4, 0.5) is 0 Å². The highest BCUT2D eigenvalue weighted by atomic mass is 32.2. The Hall–Kier alpha value is -1.85. The third kappa shape index (κ3) is 20.1. The number of carbonyl (C=O) groups is 1. The molecule has 2 aromatic rings. The van der Waals surface area contributed by atoms with Crippen molar-refractivity contribution in [1.29, 1.82) is 0 Å². The molecule has 10 heteroatoms. The Kier molecular flexibility index (Phi) is 21.3. The molecule has 1 aliphatic rings. The highest BCUT2D eigenvalue weighted by molar-refractivity contribution is 7.85. The van der Waals surface area contributed by atoms with E-state index in [1.54, 1.807) is 23.5 Å². The summed E-state index contributed by atoms with van der Waals surface area (Å²) in [5.74, 6) is -0.148. The first-order valence-electron chi connectivity index (χ1n) is 17.1. The number of aryl methyl sites for hydroxylation is 2. The van der Waals surface area contributed by atoms with Crippen LogP contribution in [0.5, 0.6) is 0 Å². The van der Waals surface area contributed by atoms with Gasteiger partial charge in [-0.3, -0.25) is 4.79 Å². The minimum atomic E-state index is -4.27. The summed E-state index contributed by atoms with van der Waals surface area (Å²) in [6.07, 6.45) is 24.6. The molecule has 0 amide bonds. The van der Waals surface area contributed by atoms with Gasteiger partial charge in [0, 0.05) is 6.42 Å². The first-order valence-corrected chi connectivity index (χ1v) is 19.5. The molecule has 0 bridgehead atoms. The third-order valence-corrected chi connectivity index (χ3v) is 9.44. The molecule has 1 aromatic carbocycles. The van der Waals surface area contributed by atoms with Crippen LogP contribution in [0.2, 0.25) is 0 Å². The summed E-state index contributed by atoms with van der Waals surface area (Å²) in [4.78, 5) is 11.7. The normalized spacial score (nSPS) is 16.3. The van der Waals surface area contributed by atoms with Gasteiger partial charge in [-0.25, -0.2) is 8.42 Å². The average molecular weight is 668 g/mol. The lowest BCUT2D eigenvalue weighted by Gasteiger charge is -2.12. The van der Waals surface area contributed by atoms with Gasteiger partial charge in [0.1, 0.15) is 29.4 Å². The molecule has 1 aliphatic heterocycles. The minimum absolute atomic E-state index is 0.114. The molecule has 0 spiro atoms. The van der Waals surface area contributed by atoms with E-state index in [1.165, 1.54) is 102 Å². The number of thiazole rings is 1. The number of hydrogen-bond acceptors (Lipinski definition) is 8. The zero-order valence-electron chi connectivity index (χ0n) is 27.7. The molecule has 1 fully saturated rings. The zero-order valence-corrected chi connectivity index (χ0v) is 29.3. The fourth-order valence-electron chi connectivity index (χ4n) is 5.19. The van der Waals surface area contributed by atoms with Crippen LogP contribution in [0.3, 0.4) is 0 Å². The van der Waals surface area contributed by atoms with Crippen LogP contribution in [-0.2, 0) is 35.7 Å². The van der Waals surface area contributed by atoms with E-state index in [9.17, 15) is 17.8 Å². The zero-order chi connectivity index (χ0) is 32.6. The number of carbonyl (C=O) groups excluding carboxylic acids is 1. The second-order valence-electron chi connectivity index (χ2n) is 12.1. The first-order chi connectivity index (χ1) is 21.8. The average Bonchev–Trinajstić information content (AvgIpc) is 3.71. The van der Waals surface area contributed by atoms with Crippen molar-refractivity contribution in [3.63, 3.8) is 0 Å². The quantitative estimate of drug-likeness (QED) is 0.0508. The fourth-order valence-corrected chi connectivity index (χ4v) is 6.29. The Labute approximate surface area is 276 Å². The lowest BCUT2D eigenvalue weighted by atomic mass is 10.0. The van der Waals surface area contributed by atoms with Gasteiger partial charge in [-0.1, -0.05) is 126 Å². The van der Waals surface area contributed by atoms with Crippen molar-refractivity contribution in [1.82, 2.24) is 0 Å². The summed E-state index contributed by atoms with van der Waals surface area (Å²) in [6, 6.07) is 5.78. The molecule has 2 atom stereocenters. The van der Waals surface area contributed by atoms with Crippen molar-refractivity contribution in [3.05, 3.63) is 46.9 Å². The molecule has 8 nitrogen and oxygen atoms in total. The van der Waals surface area contributed by atoms with Crippen molar-refractivity contribution < 1.29 is 36.5 Å². The standard InChI is InChI=1S/C28H50NO4S.C7H8O3S/c1-2-3-4-5-6-7-8-9-10-11-12-13-14-15-16-19-28-32-24-26(33-28)23-31-27(30)18-17-20-29-21-22-34-25-29;1-6-2-4-7(5-3-6)11(8,9)10/h21-22,25-26,28H,2-20,23-24H2,1H3;2-5H,1H3,(H,8,9,10)/q+1;/p-1/t26-,28-;/m0./s1. The van der Waals surface area contributed by atoms with Crippen LogP contribution in [0.25, 0.3) is 0 Å². The number of hydrogen-bond donors (Lipinski definition) is 0. The molecule has 0 radical (unpaired) electrons. The number of unbranched alkanes of at least 4 members (excludes halogenated alkanes) is 14. The predicted octanol–water partition coefficient (Wildman–Crippen LogP) is 8.26. The number of rotatable bonds is 23. The molecule has 2 heterocycles. The van der Waals surface area contributed by atoms with Gasteiger partial charge in [0.05, 0.1) is 23.3 Å². The lowest BCUT2D eigenvalue weighted by Crippen LogP contribution is -2.30. The van der Waals surface area contributed by atoms with Gasteiger partial charge in [0.25, 0.3) is 0 Å². The van der Waals surface area contributed by atoms with Crippen molar-refractivity contribution >= 4 is 27.4 Å². The van der Waals surface area contributed by atoms with Crippen LogP contribution in [-0.4, -0.2) is 44.5 Å². The second kappa shape index (κ2) is 24.3. The molecular weight excluding hydrogens is 611 g/mol. The Balaban J connectivity index is 0.000000537. The van der Waals surface area contributed by atoms with E-state index in [-0.39, 0.29) is 23.3 Å². The molecule has 45 heavy (non-hydrogen) atoms. The van der Waals surface area contributed by atoms with Crippen LogP contribution < -0.4 is 4.57 Å². The summed E-state index contributed by atoms with van der Waals surface area (Å²) in [5.41, 5.74) is 2.98. The summed E-state index contributed by atoms with van der Waals surface area (Å²) in [7, 11) is -4.27. The molecule has 0 unspecified atom stereocenters. The van der Waals surface area contributed by atoms with E-state index in [0.717, 1.165) is 31.4 Å². The molecule has 1 saturated heterocycles. The maximum absolute atomic E-state index is 11.9. The van der Waals surface area contributed by atoms with E-state index in [0.29, 0.717) is 19.6 Å². The number of benzene rings is 1. The maximum Gasteiger partial charge on any atom is 0.306 e. The Morgan fingerprint density at radius 2 is 1.49 bits per heavy atom. The van der Waals surface area contributed by atoms with Crippen LogP contribution in [0, 0.1) is 6.92 Å². The molecule has 0 N–H and O–H groups in total. The van der Waals surface area contributed by atoms with Gasteiger partial charge in [-0.05, 0) is 31.9 Å². The van der Waals surface area contributed by atoms with Gasteiger partial charge in [-0.2, -0.15) is 4.57 Å². The Morgan fingerprint density at radius 3 is 2.02 bits per heavy atom. The molecule has 0 aliphatic carbocycles. The summed E-state index contributed by atoms with van der Waals surface area (Å²) in [5, 5.41) is 2.03. The van der Waals surface area contributed by atoms with Crippen molar-refractivity contribution in [2.75, 3.05) is 13.2 Å². The van der Waals surface area contributed by atoms with Crippen LogP contribution >= 0.6 is 11.3 Å². The second-order valence-corrected chi connectivity index (χ2v) is 14.2. The number of nitrogens with zero attached hydrogens (tertiary/aromatic N) is 1. The smallest absolute Gasteiger partial charge is 0.306 e. The fraction of sp³-hybridized carbons (Fsp3) is 0.714. The summed E-state index contributed by atoms with van der Waals surface area (Å²) >= 11 is 1.66. The van der Waals surface area contributed by atoms with Gasteiger partial charge in [0.2, 0.25) is 5.51 Å². The maximum atomic E-state index is 11.9. The van der Waals surface area contributed by atoms with Gasteiger partial charge < -0.3 is 18.8 Å². The van der Waals surface area contributed by atoms with Crippen molar-refractivity contribution in [3.8, 4) is 0 Å². The topological polar surface area (TPSA) is 106 Å². The molecule has 256 valence electrons. The monoisotopic (exact) mass is 667 g/mol. The number of esters is 1. The first kappa shape index (κ1) is 39.3. The van der Waals surface area contributed by atoms with E-state index in [1.807, 2.05) is 24.0 Å². The van der Waals surface area contributed by atoms with Gasteiger partial charge in [0.15, 0.2) is 12.5 Å². The minimum Gasteiger partial charge on any atom is -0.744 e. The summed E-state index contributed by atoms with van der Waals surface area (Å²) in [6.45, 7) is 5.79. The largest absolute Gasteiger partial charge is 0.744 e. The lowest BCUT2D eigenvalue weighted by molar-refractivity contribution is -0.692. The molecule has 1 aromatic heterocycles. The van der Waals surface area contributed by atoms with Crippen molar-refractivity contribution in [2.24, 2.45) is 0 Å². The molecular formula is C35H57NO7S2. The Morgan fingerprint density at radius 1 is 0.911 bits per heavy atom. The van der Waals surface area contributed by atoms with Crippen LogP contribution in [0.15, 0.2) is 46.2 Å². The SMILES string of the molecule is CCCCCCCCCCCCCCCCC[C@H]1OC[C@H](COC(=O)CCC[n+]2ccsc2)O1.Cc1ccc(S(=O)(=O)[O-])cc1. The predicted molar refractivity (Wildman–Crippen MR) is 178 cm³/mol. The van der Waals surface area contributed by atoms with E-state index in [4.69, 9.17) is 14.2 Å². The van der Waals surface area contributed by atoms with Crippen molar-refractivity contribution in [2.45, 2.75) is 153 Å². The molecule has 0 saturated carbocycles. The van der Waals surface area contributed by atoms with E-state index < -0.39 is 10.1 Å². The highest BCUT2D eigenvalue weighted by Gasteiger charge is 2.26. The van der Waals surface area contributed by atoms with Crippen LogP contribution in [0.1, 0.15) is 128 Å². The summed E-state index contributed by atoms with van der Waals surface area (Å²) < 4.78 is 50.3. The number of aromatic nitrogens is 1. The molecule has 3 rings (SSSR count). The van der Waals surface area contributed by atoms with Gasteiger partial charge in [-0.15, -0.1) is 0 Å². The van der Waals surface area contributed by atoms with E-state index >= 15 is 0 Å². The number of ether oxygens (including phenoxy) is 3.